The largest absolute Gasteiger partial charge is 0.442 e. The number of nitrogens with one attached hydrogen (secondary N) is 2. The summed E-state index contributed by atoms with van der Waals surface area (Å²) in [5.41, 5.74) is 1.95. The summed E-state index contributed by atoms with van der Waals surface area (Å²) in [5, 5.41) is 17.4. The molecular weight excluding hydrogens is 310 g/mol. The summed E-state index contributed by atoms with van der Waals surface area (Å²) in [6.07, 6.45) is -0.564. The quantitative estimate of drug-likeness (QED) is 0.444. The number of amides is 1. The highest BCUT2D eigenvalue weighted by Gasteiger charge is 2.27. The van der Waals surface area contributed by atoms with Crippen molar-refractivity contribution in [1.82, 2.24) is 10.5 Å². The fraction of sp³-hybridized carbons (Fsp3) is 0.529. The molecule has 3 N–H and O–H groups in total. The molecule has 0 aliphatic rings. The first-order valence-electron chi connectivity index (χ1n) is 7.69. The first kappa shape index (κ1) is 19.9. The van der Waals surface area contributed by atoms with E-state index in [1.165, 1.54) is 5.06 Å². The summed E-state index contributed by atoms with van der Waals surface area (Å²) < 4.78 is 5.38. The molecule has 0 aliphatic carbocycles. The molecule has 0 atom stereocenters. The zero-order valence-electron chi connectivity index (χ0n) is 15.1. The maximum absolute atomic E-state index is 12.4. The van der Waals surface area contributed by atoms with E-state index < -0.39 is 17.3 Å². The Labute approximate surface area is 143 Å². The molecule has 0 aromatic heterocycles. The van der Waals surface area contributed by atoms with Gasteiger partial charge in [0.1, 0.15) is 11.4 Å². The predicted molar refractivity (Wildman–Crippen MR) is 90.8 cm³/mol. The summed E-state index contributed by atoms with van der Waals surface area (Å²) in [6, 6.07) is 6.85. The van der Waals surface area contributed by atoms with E-state index in [1.54, 1.807) is 50.5 Å². The van der Waals surface area contributed by atoms with Crippen molar-refractivity contribution in [3.63, 3.8) is 0 Å². The van der Waals surface area contributed by atoms with Gasteiger partial charge in [0, 0.05) is 5.56 Å². The third kappa shape index (κ3) is 6.97. The van der Waals surface area contributed by atoms with Gasteiger partial charge >= 0.3 is 6.09 Å². The van der Waals surface area contributed by atoms with Gasteiger partial charge in [-0.1, -0.05) is 24.3 Å². The van der Waals surface area contributed by atoms with E-state index in [0.29, 0.717) is 5.56 Å². The van der Waals surface area contributed by atoms with E-state index in [9.17, 15) is 4.79 Å². The topological polar surface area (TPSA) is 94.9 Å². The van der Waals surface area contributed by atoms with Crippen LogP contribution in [-0.2, 0) is 16.1 Å². The van der Waals surface area contributed by atoms with E-state index >= 15 is 0 Å². The normalized spacial score (nSPS) is 11.8. The minimum absolute atomic E-state index is 0.100. The lowest BCUT2D eigenvalue weighted by atomic mass is 10.1. The molecule has 7 nitrogen and oxygen atoms in total. The van der Waals surface area contributed by atoms with E-state index in [-0.39, 0.29) is 12.4 Å². The molecule has 1 rings (SSSR count). The number of hydrogen-bond acceptors (Lipinski definition) is 5. The fourth-order valence-corrected chi connectivity index (χ4v) is 1.78. The molecule has 1 aromatic rings. The Morgan fingerprint density at radius 3 is 2.08 bits per heavy atom. The highest BCUT2D eigenvalue weighted by Crippen LogP contribution is 2.18. The van der Waals surface area contributed by atoms with Crippen LogP contribution in [0.4, 0.5) is 4.79 Å². The van der Waals surface area contributed by atoms with Crippen LogP contribution in [0.2, 0.25) is 0 Å². The molecule has 0 fully saturated rings. The number of carbonyl (C=O) groups is 1. The van der Waals surface area contributed by atoms with Crippen molar-refractivity contribution in [2.24, 2.45) is 0 Å². The molecule has 0 radical (unpaired) electrons. The zero-order valence-corrected chi connectivity index (χ0v) is 15.1. The fourth-order valence-electron chi connectivity index (χ4n) is 1.78. The number of rotatable bonds is 4. The molecule has 1 aromatic carbocycles. The lowest BCUT2D eigenvalue weighted by Crippen LogP contribution is -2.41. The number of nitrogens with zero attached hydrogens (tertiary/aromatic N) is 1. The summed E-state index contributed by atoms with van der Waals surface area (Å²) in [4.78, 5) is 18.1. The third-order valence-corrected chi connectivity index (χ3v) is 2.66. The van der Waals surface area contributed by atoms with Gasteiger partial charge in [-0.25, -0.2) is 4.79 Å². The molecule has 24 heavy (non-hydrogen) atoms. The molecule has 0 saturated heterocycles. The number of ether oxygens (including phenoxy) is 1. The Morgan fingerprint density at radius 2 is 1.67 bits per heavy atom. The lowest BCUT2D eigenvalue weighted by molar-refractivity contribution is -0.216. The third-order valence-electron chi connectivity index (χ3n) is 2.66. The van der Waals surface area contributed by atoms with Gasteiger partial charge in [-0.15, -0.1) is 0 Å². The van der Waals surface area contributed by atoms with E-state index in [1.807, 2.05) is 20.8 Å². The average molecular weight is 337 g/mol. The highest BCUT2D eigenvalue weighted by molar-refractivity contribution is 5.95. The van der Waals surface area contributed by atoms with Gasteiger partial charge < -0.3 is 4.74 Å². The Kier molecular flexibility index (Phi) is 6.34. The maximum atomic E-state index is 12.4. The molecule has 0 unspecified atom stereocenters. The smallest absolute Gasteiger partial charge is 0.434 e. The second kappa shape index (κ2) is 7.63. The first-order chi connectivity index (χ1) is 10.9. The predicted octanol–water partition coefficient (Wildman–Crippen LogP) is 3.46. The van der Waals surface area contributed by atoms with E-state index in [0.717, 1.165) is 5.56 Å². The van der Waals surface area contributed by atoms with E-state index in [2.05, 4.69) is 0 Å². The molecule has 0 heterocycles. The van der Waals surface area contributed by atoms with Gasteiger partial charge in [-0.2, -0.15) is 5.06 Å². The average Bonchev–Trinajstić information content (AvgIpc) is 2.43. The number of carbonyl (C=O) groups excluding carboxylic acids is 1. The van der Waals surface area contributed by atoms with Crippen molar-refractivity contribution in [3.05, 3.63) is 35.4 Å². The zero-order chi connectivity index (χ0) is 18.5. The standard InChI is InChI=1S/C17H27N3O4/c1-16(2,3)23-15(21)20(24-17(4,5)6)11-12-7-9-13(10-8-12)14(18)19-22/h7-10,22H,11H2,1-6H3,(H2,18,19). The Bertz CT molecular complexity index is 571. The maximum Gasteiger partial charge on any atom is 0.434 e. The second-order valence-corrected chi connectivity index (χ2v) is 7.40. The van der Waals surface area contributed by atoms with E-state index in [4.69, 9.17) is 20.2 Å². The lowest BCUT2D eigenvalue weighted by Gasteiger charge is -2.31. The first-order valence-corrected chi connectivity index (χ1v) is 7.69. The minimum Gasteiger partial charge on any atom is -0.442 e. The van der Waals surface area contributed by atoms with Crippen LogP contribution in [0.3, 0.4) is 0 Å². The van der Waals surface area contributed by atoms with Gasteiger partial charge in [0.25, 0.3) is 0 Å². The van der Waals surface area contributed by atoms with Gasteiger partial charge in [0.15, 0.2) is 0 Å². The van der Waals surface area contributed by atoms with Gasteiger partial charge in [0.2, 0.25) is 0 Å². The van der Waals surface area contributed by atoms with Gasteiger partial charge in [0.05, 0.1) is 12.1 Å². The Morgan fingerprint density at radius 1 is 1.12 bits per heavy atom. The van der Waals surface area contributed by atoms with Crippen LogP contribution in [0.1, 0.15) is 52.7 Å². The molecule has 0 saturated carbocycles. The molecule has 7 heteroatoms. The van der Waals surface area contributed by atoms with Crippen molar-refractivity contribution >= 4 is 11.9 Å². The Hall–Kier alpha value is -2.12. The van der Waals surface area contributed by atoms with Crippen LogP contribution < -0.4 is 5.48 Å². The monoisotopic (exact) mass is 337 g/mol. The molecule has 0 aliphatic heterocycles. The number of benzene rings is 1. The molecule has 0 spiro atoms. The van der Waals surface area contributed by atoms with Crippen molar-refractivity contribution in [3.8, 4) is 0 Å². The summed E-state index contributed by atoms with van der Waals surface area (Å²) in [6.45, 7) is 11.1. The molecular formula is C17H27N3O4. The molecule has 134 valence electrons. The van der Waals surface area contributed by atoms with Crippen LogP contribution >= 0.6 is 0 Å². The summed E-state index contributed by atoms with van der Waals surface area (Å²) in [5.74, 6) is -0.100. The summed E-state index contributed by atoms with van der Waals surface area (Å²) in [7, 11) is 0. The van der Waals surface area contributed by atoms with Crippen LogP contribution in [0.5, 0.6) is 0 Å². The van der Waals surface area contributed by atoms with Crippen LogP contribution in [0.15, 0.2) is 24.3 Å². The van der Waals surface area contributed by atoms with Crippen molar-refractivity contribution in [2.45, 2.75) is 59.3 Å². The Balaban J connectivity index is 2.92. The molecule has 0 bridgehead atoms. The molecule has 1 amide bonds. The van der Waals surface area contributed by atoms with Crippen LogP contribution in [-0.4, -0.2) is 33.4 Å². The van der Waals surface area contributed by atoms with Crippen molar-refractivity contribution in [2.75, 3.05) is 0 Å². The number of hydroxylamine groups is 3. The minimum atomic E-state index is -0.623. The van der Waals surface area contributed by atoms with Crippen molar-refractivity contribution in [1.29, 1.82) is 5.41 Å². The van der Waals surface area contributed by atoms with Crippen LogP contribution in [0, 0.1) is 5.41 Å². The van der Waals surface area contributed by atoms with Gasteiger partial charge in [-0.05, 0) is 47.1 Å². The number of amidine groups is 1. The van der Waals surface area contributed by atoms with Crippen molar-refractivity contribution < 1.29 is 19.6 Å². The highest BCUT2D eigenvalue weighted by atomic mass is 16.7. The van der Waals surface area contributed by atoms with Gasteiger partial charge in [-0.3, -0.25) is 20.9 Å². The number of hydrogen-bond donors (Lipinski definition) is 3. The second-order valence-electron chi connectivity index (χ2n) is 7.40. The SMILES string of the molecule is CC(C)(C)OC(=O)N(Cc1ccc(C(=N)NO)cc1)OC(C)(C)C. The summed E-state index contributed by atoms with van der Waals surface area (Å²) >= 11 is 0. The van der Waals surface area contributed by atoms with Crippen LogP contribution in [0.25, 0.3) is 0 Å².